The molecule has 150 valence electrons. The Bertz CT molecular complexity index is 709. The highest BCUT2D eigenvalue weighted by atomic mass is 32.2. The minimum absolute atomic E-state index is 0.245. The van der Waals surface area contributed by atoms with Crippen LogP contribution in [0.1, 0.15) is 32.6 Å². The Hall–Kier alpha value is -1.51. The molecular formula is C19H23F3O3S2. The molecule has 8 heteroatoms. The highest BCUT2D eigenvalue weighted by Gasteiger charge is 2.36. The molecule has 0 fully saturated rings. The Balaban J connectivity index is 0.000000387. The monoisotopic (exact) mass is 420 g/mol. The summed E-state index contributed by atoms with van der Waals surface area (Å²) < 4.78 is 58.9. The summed E-state index contributed by atoms with van der Waals surface area (Å²) in [5, 5.41) is 0. The van der Waals surface area contributed by atoms with Gasteiger partial charge in [-0.15, -0.1) is 0 Å². The van der Waals surface area contributed by atoms with E-state index in [4.69, 9.17) is 13.0 Å². The molecule has 0 amide bonds. The fourth-order valence-corrected chi connectivity index (χ4v) is 4.42. The minimum Gasteiger partial charge on any atom is -0.741 e. The molecule has 0 saturated heterocycles. The lowest BCUT2D eigenvalue weighted by Crippen LogP contribution is -2.21. The van der Waals surface area contributed by atoms with Gasteiger partial charge in [0.15, 0.2) is 19.9 Å². The lowest BCUT2D eigenvalue weighted by Gasteiger charge is -2.08. The van der Waals surface area contributed by atoms with Crippen LogP contribution in [0.2, 0.25) is 0 Å². The van der Waals surface area contributed by atoms with Gasteiger partial charge in [0.05, 0.1) is 10.9 Å². The normalized spacial score (nSPS) is 11.8. The van der Waals surface area contributed by atoms with Crippen LogP contribution in [0.15, 0.2) is 70.5 Å². The third-order valence-corrected chi connectivity index (χ3v) is 6.49. The van der Waals surface area contributed by atoms with E-state index in [0.29, 0.717) is 0 Å². The second-order valence-corrected chi connectivity index (χ2v) is 9.19. The standard InChI is InChI=1S/C18H23S.CHF3O3S/c1-2-3-4-11-16-19(17-12-7-5-8-13-17)18-14-9-6-10-15-18;2-1(3,4)8(5,6)7/h5-10,12-15H,2-4,11,16H2,1H3;(H,5,6,7)/q+1;/p-1. The van der Waals surface area contributed by atoms with Crippen molar-refractivity contribution in [3.8, 4) is 0 Å². The zero-order chi connectivity index (χ0) is 20.3. The van der Waals surface area contributed by atoms with Crippen LogP contribution >= 0.6 is 0 Å². The first-order valence-corrected chi connectivity index (χ1v) is 11.3. The van der Waals surface area contributed by atoms with Crippen molar-refractivity contribution >= 4 is 21.0 Å². The third-order valence-electron chi connectivity index (χ3n) is 3.54. The van der Waals surface area contributed by atoms with Crippen molar-refractivity contribution in [3.63, 3.8) is 0 Å². The number of benzene rings is 2. The van der Waals surface area contributed by atoms with E-state index in [-0.39, 0.29) is 10.9 Å². The summed E-state index contributed by atoms with van der Waals surface area (Å²) >= 11 is 0. The molecule has 0 heterocycles. The van der Waals surface area contributed by atoms with Crippen molar-refractivity contribution in [2.24, 2.45) is 0 Å². The molecule has 0 N–H and O–H groups in total. The molecule has 2 rings (SSSR count). The first-order valence-electron chi connectivity index (χ1n) is 8.50. The number of halogens is 3. The Labute approximate surface area is 161 Å². The fraction of sp³-hybridized carbons (Fsp3) is 0.368. The van der Waals surface area contributed by atoms with Gasteiger partial charge in [-0.3, -0.25) is 0 Å². The maximum atomic E-state index is 10.7. The largest absolute Gasteiger partial charge is 0.741 e. The molecule has 2 aromatic rings. The fourth-order valence-electron chi connectivity index (χ4n) is 2.21. The van der Waals surface area contributed by atoms with E-state index in [1.165, 1.54) is 41.2 Å². The van der Waals surface area contributed by atoms with Crippen molar-refractivity contribution in [1.82, 2.24) is 0 Å². The topological polar surface area (TPSA) is 57.2 Å². The van der Waals surface area contributed by atoms with Crippen LogP contribution in [0, 0.1) is 0 Å². The summed E-state index contributed by atoms with van der Waals surface area (Å²) in [7, 11) is -5.84. The summed E-state index contributed by atoms with van der Waals surface area (Å²) in [5.74, 6) is 1.29. The third kappa shape index (κ3) is 8.81. The van der Waals surface area contributed by atoms with Crippen molar-refractivity contribution in [2.75, 3.05) is 5.75 Å². The summed E-state index contributed by atoms with van der Waals surface area (Å²) in [4.78, 5) is 2.95. The molecule has 0 spiro atoms. The highest BCUT2D eigenvalue weighted by Crippen LogP contribution is 2.24. The van der Waals surface area contributed by atoms with Gasteiger partial charge < -0.3 is 4.55 Å². The van der Waals surface area contributed by atoms with Crippen molar-refractivity contribution in [3.05, 3.63) is 60.7 Å². The summed E-state index contributed by atoms with van der Waals surface area (Å²) in [6.07, 6.45) is 5.37. The molecule has 0 unspecified atom stereocenters. The zero-order valence-corrected chi connectivity index (χ0v) is 16.6. The molecule has 27 heavy (non-hydrogen) atoms. The Morgan fingerprint density at radius 1 is 0.852 bits per heavy atom. The number of alkyl halides is 3. The van der Waals surface area contributed by atoms with Gasteiger partial charge in [-0.1, -0.05) is 56.2 Å². The summed E-state index contributed by atoms with van der Waals surface area (Å²) in [5.41, 5.74) is -5.65. The van der Waals surface area contributed by atoms with E-state index in [1.807, 2.05) is 0 Å². The molecular weight excluding hydrogens is 397 g/mol. The molecule has 0 radical (unpaired) electrons. The van der Waals surface area contributed by atoms with Crippen LogP contribution in [0.3, 0.4) is 0 Å². The molecule has 0 atom stereocenters. The Kier molecular flexibility index (Phi) is 9.90. The smallest absolute Gasteiger partial charge is 0.485 e. The van der Waals surface area contributed by atoms with Gasteiger partial charge in [0.25, 0.3) is 0 Å². The number of unbranched alkanes of at least 4 members (excludes halogenated alkanes) is 3. The second kappa shape index (κ2) is 11.4. The van der Waals surface area contributed by atoms with Gasteiger partial charge in [-0.05, 0) is 37.1 Å². The molecule has 0 aromatic heterocycles. The molecule has 0 aliphatic rings. The van der Waals surface area contributed by atoms with E-state index in [2.05, 4.69) is 67.6 Å². The van der Waals surface area contributed by atoms with Gasteiger partial charge >= 0.3 is 5.51 Å². The lowest BCUT2D eigenvalue weighted by atomic mass is 10.2. The number of hydrogen-bond acceptors (Lipinski definition) is 3. The van der Waals surface area contributed by atoms with Crippen LogP contribution in [-0.2, 0) is 21.0 Å². The van der Waals surface area contributed by atoms with Crippen molar-refractivity contribution in [2.45, 2.75) is 47.9 Å². The van der Waals surface area contributed by atoms with E-state index in [1.54, 1.807) is 0 Å². The van der Waals surface area contributed by atoms with Gasteiger partial charge in [-0.25, -0.2) is 8.42 Å². The van der Waals surface area contributed by atoms with Crippen molar-refractivity contribution < 1.29 is 26.1 Å². The van der Waals surface area contributed by atoms with Crippen LogP contribution < -0.4 is 0 Å². The van der Waals surface area contributed by atoms with Crippen LogP contribution in [0.5, 0.6) is 0 Å². The molecule has 3 nitrogen and oxygen atoms in total. The van der Waals surface area contributed by atoms with Gasteiger partial charge in [0.2, 0.25) is 0 Å². The number of hydrogen-bond donors (Lipinski definition) is 0. The van der Waals surface area contributed by atoms with E-state index < -0.39 is 15.6 Å². The van der Waals surface area contributed by atoms with E-state index in [9.17, 15) is 13.2 Å². The van der Waals surface area contributed by atoms with Crippen molar-refractivity contribution in [1.29, 1.82) is 0 Å². The molecule has 0 aliphatic carbocycles. The highest BCUT2D eigenvalue weighted by molar-refractivity contribution is 7.97. The van der Waals surface area contributed by atoms with Gasteiger partial charge in [0.1, 0.15) is 5.75 Å². The quantitative estimate of drug-likeness (QED) is 0.262. The lowest BCUT2D eigenvalue weighted by molar-refractivity contribution is -0.0517. The van der Waals surface area contributed by atoms with E-state index >= 15 is 0 Å². The first-order chi connectivity index (χ1) is 12.7. The van der Waals surface area contributed by atoms with Gasteiger partial charge in [-0.2, -0.15) is 13.2 Å². The molecule has 0 bridgehead atoms. The van der Waals surface area contributed by atoms with Crippen LogP contribution in [0.4, 0.5) is 13.2 Å². The SMILES string of the molecule is CCCCCC[S+](c1ccccc1)c1ccccc1.O=S(=O)([O-])C(F)(F)F. The molecule has 2 aromatic carbocycles. The predicted molar refractivity (Wildman–Crippen MR) is 102 cm³/mol. The average Bonchev–Trinajstić information content (AvgIpc) is 2.62. The predicted octanol–water partition coefficient (Wildman–Crippen LogP) is 5.35. The van der Waals surface area contributed by atoms with Crippen LogP contribution in [-0.4, -0.2) is 24.2 Å². The summed E-state index contributed by atoms with van der Waals surface area (Å²) in [6.45, 7) is 2.27. The second-order valence-electron chi connectivity index (χ2n) is 5.68. The van der Waals surface area contributed by atoms with E-state index in [0.717, 1.165) is 0 Å². The number of rotatable bonds is 7. The average molecular weight is 421 g/mol. The first kappa shape index (κ1) is 23.5. The van der Waals surface area contributed by atoms with Crippen LogP contribution in [0.25, 0.3) is 0 Å². The minimum atomic E-state index is -6.09. The summed E-state index contributed by atoms with van der Waals surface area (Å²) in [6, 6.07) is 21.9. The molecule has 0 aliphatic heterocycles. The maximum Gasteiger partial charge on any atom is 0.485 e. The van der Waals surface area contributed by atoms with Gasteiger partial charge in [0, 0.05) is 0 Å². The molecule has 0 saturated carbocycles. The Morgan fingerprint density at radius 3 is 1.59 bits per heavy atom. The zero-order valence-electron chi connectivity index (χ0n) is 15.0. The maximum absolute atomic E-state index is 10.7. The Morgan fingerprint density at radius 2 is 1.26 bits per heavy atom.